The molecule has 0 aliphatic carbocycles. The van der Waals surface area contributed by atoms with Crippen molar-refractivity contribution in [3.05, 3.63) is 35.9 Å². The first-order valence-corrected chi connectivity index (χ1v) is 4.69. The highest BCUT2D eigenvalue weighted by Gasteiger charge is 2.29. The second kappa shape index (κ2) is 3.62. The van der Waals surface area contributed by atoms with Crippen molar-refractivity contribution in [1.82, 2.24) is 5.43 Å². The lowest BCUT2D eigenvalue weighted by molar-refractivity contribution is -0.603. The van der Waals surface area contributed by atoms with E-state index in [1.54, 1.807) is 0 Å². The highest BCUT2D eigenvalue weighted by Crippen LogP contribution is 2.01. The summed E-state index contributed by atoms with van der Waals surface area (Å²) in [5.41, 5.74) is 5.17. The lowest BCUT2D eigenvalue weighted by atomic mass is 10.1. The minimum absolute atomic E-state index is 0.0948. The Kier molecular flexibility index (Phi) is 2.31. The van der Waals surface area contributed by atoms with Gasteiger partial charge in [-0.05, 0) is 5.56 Å². The molecule has 14 heavy (non-hydrogen) atoms. The molecule has 1 heterocycles. The number of nitrogens with one attached hydrogen (secondary N) is 1. The fourth-order valence-electron chi connectivity index (χ4n) is 1.49. The van der Waals surface area contributed by atoms with Gasteiger partial charge in [-0.25, -0.2) is 0 Å². The van der Waals surface area contributed by atoms with Crippen LogP contribution in [0.2, 0.25) is 0 Å². The smallest absolute Gasteiger partial charge is 0.262 e. The van der Waals surface area contributed by atoms with Crippen LogP contribution in [-0.2, 0) is 11.2 Å². The Morgan fingerprint density at radius 2 is 2.07 bits per heavy atom. The molecular weight excluding hydrogens is 176 g/mol. The Hall–Kier alpha value is -1.64. The second-order valence-electron chi connectivity index (χ2n) is 3.52. The molecule has 1 aromatic rings. The molecule has 1 aliphatic heterocycles. The number of hydrazone groups is 1. The van der Waals surface area contributed by atoms with Gasteiger partial charge in [-0.15, -0.1) is 10.1 Å². The largest absolute Gasteiger partial charge is 0.342 e. The Labute approximate surface area is 83.0 Å². The molecule has 0 bridgehead atoms. The van der Waals surface area contributed by atoms with Crippen LogP contribution >= 0.6 is 0 Å². The average molecular weight is 189 g/mol. The maximum atomic E-state index is 10.7. The van der Waals surface area contributed by atoms with Crippen LogP contribution in [0.4, 0.5) is 0 Å². The molecule has 0 aromatic heterocycles. The van der Waals surface area contributed by atoms with Gasteiger partial charge < -0.3 is 0 Å². The summed E-state index contributed by atoms with van der Waals surface area (Å²) in [5.74, 6) is 0.0948. The third-order valence-corrected chi connectivity index (χ3v) is 2.32. The van der Waals surface area contributed by atoms with E-state index in [1.165, 1.54) is 11.3 Å². The molecule has 3 nitrogen and oxygen atoms in total. The molecule has 1 fully saturated rings. The van der Waals surface area contributed by atoms with Gasteiger partial charge in [0, 0.05) is 6.92 Å². The van der Waals surface area contributed by atoms with E-state index < -0.39 is 0 Å². The van der Waals surface area contributed by atoms with E-state index >= 15 is 0 Å². The fraction of sp³-hybridized carbons (Fsp3) is 0.273. The molecule has 0 atom stereocenters. The molecule has 72 valence electrons. The zero-order chi connectivity index (χ0) is 9.97. The molecule has 1 N–H and O–H groups in total. The van der Waals surface area contributed by atoms with Crippen molar-refractivity contribution >= 4 is 11.6 Å². The van der Waals surface area contributed by atoms with Crippen LogP contribution in [0.15, 0.2) is 30.3 Å². The lowest BCUT2D eigenvalue weighted by Gasteiger charge is -2.13. The summed E-state index contributed by atoms with van der Waals surface area (Å²) in [7, 11) is 0. The van der Waals surface area contributed by atoms with Gasteiger partial charge in [-0.3, -0.25) is 4.79 Å². The highest BCUT2D eigenvalue weighted by molar-refractivity contribution is 5.85. The van der Waals surface area contributed by atoms with Gasteiger partial charge in [-0.2, -0.15) is 0 Å². The standard InChI is InChI=1S/C11H12N2O/c1-9(13-8-11(14)12-13)7-10-5-3-2-4-6-10/h2-6H,7-8H2,1H3/p+1/b13-9-. The minimum Gasteiger partial charge on any atom is -0.262 e. The number of benzene rings is 1. The fourth-order valence-corrected chi connectivity index (χ4v) is 1.49. The Bertz CT molecular complexity index is 372. The van der Waals surface area contributed by atoms with Gasteiger partial charge in [0.1, 0.15) is 0 Å². The molecule has 1 aliphatic rings. The van der Waals surface area contributed by atoms with Crippen LogP contribution in [-0.4, -0.2) is 22.8 Å². The van der Waals surface area contributed by atoms with E-state index in [0.717, 1.165) is 6.42 Å². The van der Waals surface area contributed by atoms with Crippen molar-refractivity contribution in [2.75, 3.05) is 6.54 Å². The normalized spacial score (nSPS) is 18.5. The first-order valence-electron chi connectivity index (χ1n) is 4.69. The van der Waals surface area contributed by atoms with Crippen LogP contribution in [0, 0.1) is 0 Å². The lowest BCUT2D eigenvalue weighted by Crippen LogP contribution is -2.54. The molecule has 1 amide bonds. The van der Waals surface area contributed by atoms with E-state index in [4.69, 9.17) is 0 Å². The quantitative estimate of drug-likeness (QED) is 0.684. The predicted octanol–water partition coefficient (Wildman–Crippen LogP) is 0.747. The zero-order valence-electron chi connectivity index (χ0n) is 8.16. The number of carbonyl (C=O) groups is 1. The summed E-state index contributed by atoms with van der Waals surface area (Å²) in [4.78, 5) is 10.7. The van der Waals surface area contributed by atoms with Crippen LogP contribution < -0.4 is 5.43 Å². The van der Waals surface area contributed by atoms with Crippen LogP contribution in [0.25, 0.3) is 0 Å². The number of hydrogen-bond donors (Lipinski definition) is 1. The summed E-state index contributed by atoms with van der Waals surface area (Å²) in [6.45, 7) is 2.53. The molecule has 0 radical (unpaired) electrons. The topological polar surface area (TPSA) is 32.1 Å². The van der Waals surface area contributed by atoms with Crippen molar-refractivity contribution < 1.29 is 9.48 Å². The average Bonchev–Trinajstić information content (AvgIpc) is 2.14. The van der Waals surface area contributed by atoms with Crippen LogP contribution in [0.5, 0.6) is 0 Å². The molecule has 2 rings (SSSR count). The van der Waals surface area contributed by atoms with Crippen LogP contribution in [0.3, 0.4) is 0 Å². The van der Waals surface area contributed by atoms with Crippen molar-refractivity contribution in [2.45, 2.75) is 13.3 Å². The Balaban J connectivity index is 2.05. The van der Waals surface area contributed by atoms with Gasteiger partial charge in [-0.1, -0.05) is 30.3 Å². The minimum atomic E-state index is 0.0948. The number of carbonyl (C=O) groups excluding carboxylic acids is 1. The van der Waals surface area contributed by atoms with E-state index in [0.29, 0.717) is 6.54 Å². The summed E-state index contributed by atoms with van der Waals surface area (Å²) >= 11 is 0. The number of nitrogens with zero attached hydrogens (tertiary/aromatic N) is 1. The van der Waals surface area contributed by atoms with Gasteiger partial charge in [0.2, 0.25) is 0 Å². The summed E-state index contributed by atoms with van der Waals surface area (Å²) < 4.78 is 1.88. The predicted molar refractivity (Wildman–Crippen MR) is 54.1 cm³/mol. The molecule has 3 heteroatoms. The Morgan fingerprint density at radius 3 is 2.64 bits per heavy atom. The maximum absolute atomic E-state index is 10.7. The first-order chi connectivity index (χ1) is 6.75. The van der Waals surface area contributed by atoms with E-state index in [2.05, 4.69) is 17.6 Å². The van der Waals surface area contributed by atoms with Crippen molar-refractivity contribution in [3.8, 4) is 0 Å². The third kappa shape index (κ3) is 1.82. The molecule has 0 saturated carbocycles. The van der Waals surface area contributed by atoms with Crippen molar-refractivity contribution in [1.29, 1.82) is 0 Å². The maximum Gasteiger partial charge on any atom is 0.342 e. The Morgan fingerprint density at radius 1 is 1.43 bits per heavy atom. The van der Waals surface area contributed by atoms with Gasteiger partial charge in [0.25, 0.3) is 6.54 Å². The third-order valence-electron chi connectivity index (χ3n) is 2.32. The van der Waals surface area contributed by atoms with E-state index in [9.17, 15) is 4.79 Å². The molecule has 0 spiro atoms. The van der Waals surface area contributed by atoms with Crippen LogP contribution in [0.1, 0.15) is 12.5 Å². The summed E-state index contributed by atoms with van der Waals surface area (Å²) in [6.07, 6.45) is 0.890. The number of rotatable bonds is 2. The number of hydrazine groups is 1. The van der Waals surface area contributed by atoms with Gasteiger partial charge >= 0.3 is 5.91 Å². The first kappa shape index (κ1) is 8.94. The zero-order valence-corrected chi connectivity index (χ0v) is 8.16. The number of hydrogen-bond acceptors (Lipinski definition) is 1. The number of amides is 1. The molecular formula is C11H13N2O+. The summed E-state index contributed by atoms with van der Waals surface area (Å²) in [5, 5.41) is 0. The second-order valence-corrected chi connectivity index (χ2v) is 3.52. The summed E-state index contributed by atoms with van der Waals surface area (Å²) in [6, 6.07) is 10.2. The monoisotopic (exact) mass is 189 g/mol. The van der Waals surface area contributed by atoms with Crippen molar-refractivity contribution in [2.24, 2.45) is 0 Å². The SMILES string of the molecule is C/C(Cc1ccccc1)=[N+]1\CC(=O)N1. The van der Waals surface area contributed by atoms with Crippen molar-refractivity contribution in [3.63, 3.8) is 0 Å². The molecule has 0 unspecified atom stereocenters. The molecule has 1 saturated heterocycles. The van der Waals surface area contributed by atoms with Gasteiger partial charge in [0.15, 0.2) is 5.71 Å². The highest BCUT2D eigenvalue weighted by atomic mass is 16.2. The van der Waals surface area contributed by atoms with E-state index in [-0.39, 0.29) is 5.91 Å². The molecule has 1 aromatic carbocycles. The van der Waals surface area contributed by atoms with E-state index in [1.807, 2.05) is 29.8 Å². The van der Waals surface area contributed by atoms with Gasteiger partial charge in [0.05, 0.1) is 6.42 Å².